The molecule has 5 heteroatoms. The highest BCUT2D eigenvalue weighted by atomic mass is 19.3. The predicted molar refractivity (Wildman–Crippen MR) is 346 cm³/mol. The van der Waals surface area contributed by atoms with Gasteiger partial charge in [0.05, 0.1) is 11.7 Å². The van der Waals surface area contributed by atoms with Gasteiger partial charge in [-0.2, -0.15) is 8.78 Å². The molecule has 0 spiro atoms. The van der Waals surface area contributed by atoms with Crippen molar-refractivity contribution in [2.45, 2.75) is 318 Å². The van der Waals surface area contributed by atoms with Crippen molar-refractivity contribution in [3.63, 3.8) is 0 Å². The summed E-state index contributed by atoms with van der Waals surface area (Å²) in [6.45, 7) is 75.7. The molecule has 0 aromatic rings. The molecule has 77 heavy (non-hydrogen) atoms. The number of hydrogen-bond donors (Lipinski definition) is 2. The largest absolute Gasteiger partial charge is 0.396 e. The molecule has 1 unspecified atom stereocenters. The third-order valence-electron chi connectivity index (χ3n) is 17.8. The Morgan fingerprint density at radius 3 is 0.818 bits per heavy atom. The molecule has 472 valence electrons. The van der Waals surface area contributed by atoms with E-state index in [1.807, 2.05) is 41.5 Å². The van der Waals surface area contributed by atoms with Crippen molar-refractivity contribution in [2.24, 2.45) is 142 Å². The maximum Gasteiger partial charge on any atom is 0.345 e. The topological polar surface area (TPSA) is 49.7 Å². The van der Waals surface area contributed by atoms with Crippen LogP contribution in [0.3, 0.4) is 0 Å². The number of alkyl halides is 2. The van der Waals surface area contributed by atoms with E-state index in [9.17, 15) is 13.9 Å². The second kappa shape index (κ2) is 44.3. The summed E-state index contributed by atoms with van der Waals surface area (Å²) in [5.41, 5.74) is -0.0787. The normalized spacial score (nSPS) is 15.4. The van der Waals surface area contributed by atoms with E-state index in [1.165, 1.54) is 57.8 Å². The molecule has 2 aliphatic rings. The van der Waals surface area contributed by atoms with Gasteiger partial charge in [0.2, 0.25) is 0 Å². The van der Waals surface area contributed by atoms with Crippen LogP contribution >= 0.6 is 0 Å². The van der Waals surface area contributed by atoms with E-state index in [-0.39, 0.29) is 12.0 Å². The summed E-state index contributed by atoms with van der Waals surface area (Å²) in [7, 11) is 0. The Hall–Kier alpha value is -0.260. The summed E-state index contributed by atoms with van der Waals surface area (Å²) < 4.78 is 28.4. The number of ether oxygens (including phenoxy) is 1. The number of aliphatic hydroxyl groups is 2. The Morgan fingerprint density at radius 2 is 0.701 bits per heavy atom. The first-order chi connectivity index (χ1) is 34.8. The van der Waals surface area contributed by atoms with Gasteiger partial charge in [0.25, 0.3) is 0 Å². The van der Waals surface area contributed by atoms with E-state index in [0.29, 0.717) is 59.4 Å². The lowest BCUT2D eigenvalue weighted by Gasteiger charge is -2.37. The van der Waals surface area contributed by atoms with Gasteiger partial charge < -0.3 is 14.9 Å². The van der Waals surface area contributed by atoms with Crippen LogP contribution < -0.4 is 0 Å². The molecule has 0 heterocycles. The SMILES string of the molecule is CC(C)C(C(C)C)C(C)(C)C.CC(C)C(C(C)C)C(C)(C)O.CC(C)C(C(C)C)C(C)OC(F)F.CC(C)C(C(C)C)C1CC1.CC(C)C(C(C)C)C1CCCCC1.CC(C)C(CO)C(C)C.CCCC(C(C)C)C(C)C. The number of aliphatic hydroxyl groups excluding tert-OH is 1. The first kappa shape index (κ1) is 85.5. The lowest BCUT2D eigenvalue weighted by molar-refractivity contribution is -0.179. The Bertz CT molecular complexity index is 1180. The second-order valence-electron chi connectivity index (χ2n) is 31.4. The Labute approximate surface area is 488 Å². The van der Waals surface area contributed by atoms with E-state index >= 15 is 0 Å². The van der Waals surface area contributed by atoms with Gasteiger partial charge >= 0.3 is 6.61 Å². The highest BCUT2D eigenvalue weighted by molar-refractivity contribution is 4.85. The van der Waals surface area contributed by atoms with Crippen LogP contribution in [0.15, 0.2) is 0 Å². The highest BCUT2D eigenvalue weighted by Crippen LogP contribution is 2.44. The van der Waals surface area contributed by atoms with Crippen molar-refractivity contribution >= 4 is 0 Å². The van der Waals surface area contributed by atoms with E-state index in [1.54, 1.807) is 6.92 Å². The van der Waals surface area contributed by atoms with Crippen LogP contribution in [-0.4, -0.2) is 35.1 Å². The van der Waals surface area contributed by atoms with E-state index in [2.05, 4.69) is 199 Å². The Morgan fingerprint density at radius 1 is 0.403 bits per heavy atom. The van der Waals surface area contributed by atoms with Crippen molar-refractivity contribution < 1.29 is 23.7 Å². The monoisotopic (exact) mass is 1100 g/mol. The molecule has 2 fully saturated rings. The quantitative estimate of drug-likeness (QED) is 0.107. The lowest BCUT2D eigenvalue weighted by atomic mass is 9.69. The molecule has 2 N–H and O–H groups in total. The van der Waals surface area contributed by atoms with Gasteiger partial charge in [-0.3, -0.25) is 0 Å². The smallest absolute Gasteiger partial charge is 0.345 e. The zero-order chi connectivity index (χ0) is 62.2. The van der Waals surface area contributed by atoms with Crippen LogP contribution in [0.4, 0.5) is 8.78 Å². The fraction of sp³-hybridized carbons (Fsp3) is 1.00. The van der Waals surface area contributed by atoms with E-state index in [4.69, 9.17) is 5.11 Å². The summed E-state index contributed by atoms with van der Waals surface area (Å²) in [5, 5.41) is 18.7. The van der Waals surface area contributed by atoms with Crippen LogP contribution in [0.25, 0.3) is 0 Å². The molecule has 1 atom stereocenters. The van der Waals surface area contributed by atoms with Gasteiger partial charge in [0, 0.05) is 6.61 Å². The van der Waals surface area contributed by atoms with Gasteiger partial charge in [-0.25, -0.2) is 0 Å². The Kier molecular flexibility index (Phi) is 49.2. The highest BCUT2D eigenvalue weighted by Gasteiger charge is 2.35. The van der Waals surface area contributed by atoms with Crippen LogP contribution in [0.1, 0.15) is 300 Å². The standard InChI is InChI=1S/C13H26.C11H24.C10H20F2O.C10H22O.C10H20.C10H22.C8H18O/c1-10(2)13(11(3)4)12-8-6-5-7-9-12;1-8(2)10(9(3)4)11(5,6)7;1-6(2)9(7(3)4)8(5)13-10(11)12;1-7(2)9(8(3)4)10(5,6)11;1-7(2)10(8(3)4)9-5-6-9;1-6-7-10(8(2)3)9(4)5;1-6(2)8(5-9)7(3)4/h10-13H,5-9H2,1-4H3;8-10H,1-7H3;6-10H,1-5H3;7-9,11H,1-6H3;7-10H,5-6H2,1-4H3;8-10H,6-7H2,1-5H3;6-9H,5H2,1-4H3. The summed E-state index contributed by atoms with van der Waals surface area (Å²) in [5.74, 6) is 16.8. The third-order valence-corrected chi connectivity index (χ3v) is 17.8. The molecule has 2 aliphatic carbocycles. The van der Waals surface area contributed by atoms with E-state index in [0.717, 1.165) is 82.9 Å². The van der Waals surface area contributed by atoms with Gasteiger partial charge in [-0.1, -0.05) is 267 Å². The second-order valence-corrected chi connectivity index (χ2v) is 31.4. The third kappa shape index (κ3) is 41.4. The molecule has 3 nitrogen and oxygen atoms in total. The van der Waals surface area contributed by atoms with Crippen LogP contribution in [0, 0.1) is 142 Å². The first-order valence-electron chi connectivity index (χ1n) is 33.1. The number of halogens is 2. The van der Waals surface area contributed by atoms with Gasteiger partial charge in [-0.05, 0) is 175 Å². The van der Waals surface area contributed by atoms with Gasteiger partial charge in [-0.15, -0.1) is 0 Å². The van der Waals surface area contributed by atoms with Crippen molar-refractivity contribution in [3.05, 3.63) is 0 Å². The Balaban J connectivity index is -0.000000263. The van der Waals surface area contributed by atoms with Crippen molar-refractivity contribution in [1.29, 1.82) is 0 Å². The minimum absolute atomic E-state index is 0.189. The zero-order valence-electron chi connectivity index (χ0n) is 59.6. The molecule has 2 rings (SSSR count). The number of hydrogen-bond acceptors (Lipinski definition) is 3. The van der Waals surface area contributed by atoms with Crippen LogP contribution in [0.5, 0.6) is 0 Å². The summed E-state index contributed by atoms with van der Waals surface area (Å²) >= 11 is 0. The van der Waals surface area contributed by atoms with Crippen LogP contribution in [-0.2, 0) is 4.74 Å². The predicted octanol–water partition coefficient (Wildman–Crippen LogP) is 23.6. The molecule has 0 amide bonds. The van der Waals surface area contributed by atoms with Crippen LogP contribution in [0.2, 0.25) is 0 Å². The number of rotatable bonds is 23. The molecular weight excluding hydrogens is 951 g/mol. The summed E-state index contributed by atoms with van der Waals surface area (Å²) in [4.78, 5) is 0. The maximum atomic E-state index is 12.0. The molecule has 0 saturated heterocycles. The molecule has 0 aliphatic heterocycles. The minimum atomic E-state index is -2.66. The fourth-order valence-corrected chi connectivity index (χ4v) is 16.0. The average Bonchev–Trinajstić information content (AvgIpc) is 4.03. The van der Waals surface area contributed by atoms with E-state index < -0.39 is 12.2 Å². The van der Waals surface area contributed by atoms with Gasteiger partial charge in [0.15, 0.2) is 0 Å². The van der Waals surface area contributed by atoms with Crippen molar-refractivity contribution in [3.8, 4) is 0 Å². The first-order valence-corrected chi connectivity index (χ1v) is 33.1. The molecular formula is C72H152F2O3. The summed E-state index contributed by atoms with van der Waals surface area (Å²) in [6, 6.07) is 0. The molecule has 0 radical (unpaired) electrons. The fourth-order valence-electron chi connectivity index (χ4n) is 16.0. The maximum absolute atomic E-state index is 12.0. The zero-order valence-corrected chi connectivity index (χ0v) is 59.6. The molecule has 0 aromatic heterocycles. The molecule has 2 saturated carbocycles. The lowest BCUT2D eigenvalue weighted by Crippen LogP contribution is -2.37. The summed E-state index contributed by atoms with van der Waals surface area (Å²) in [6.07, 6.45) is 12.8. The molecule has 0 aromatic carbocycles. The van der Waals surface area contributed by atoms with Crippen molar-refractivity contribution in [2.75, 3.05) is 6.61 Å². The minimum Gasteiger partial charge on any atom is -0.396 e. The average molecular weight is 1100 g/mol. The molecule has 0 bridgehead atoms. The van der Waals surface area contributed by atoms with Crippen molar-refractivity contribution in [1.82, 2.24) is 0 Å². The van der Waals surface area contributed by atoms with Gasteiger partial charge in [0.1, 0.15) is 0 Å².